The zero-order chi connectivity index (χ0) is 14.5. The van der Waals surface area contributed by atoms with E-state index in [1.807, 2.05) is 37.2 Å². The van der Waals surface area contributed by atoms with Gasteiger partial charge < -0.3 is 9.80 Å². The maximum Gasteiger partial charge on any atom is 0.241 e. The molecule has 0 aliphatic carbocycles. The summed E-state index contributed by atoms with van der Waals surface area (Å²) in [5.74, 6) is 0.238. The Hall–Kier alpha value is -1.39. The molecule has 110 valence electrons. The number of nitrogens with one attached hydrogen (secondary N) is 1. The van der Waals surface area contributed by atoms with Gasteiger partial charge in [0.2, 0.25) is 5.91 Å². The number of hydrogen-bond acceptors (Lipinski definition) is 3. The highest BCUT2D eigenvalue weighted by atomic mass is 16.2. The quantitative estimate of drug-likeness (QED) is 0.860. The highest BCUT2D eigenvalue weighted by Crippen LogP contribution is 2.26. The molecule has 2 rings (SSSR count). The van der Waals surface area contributed by atoms with Crippen molar-refractivity contribution in [1.29, 1.82) is 0 Å². The van der Waals surface area contributed by atoms with Crippen LogP contribution in [0.5, 0.6) is 0 Å². The number of likely N-dealkylation sites (N-methyl/N-ethyl adjacent to an activating group) is 1. The molecule has 20 heavy (non-hydrogen) atoms. The van der Waals surface area contributed by atoms with E-state index in [0.717, 1.165) is 25.9 Å². The van der Waals surface area contributed by atoms with Gasteiger partial charge in [0, 0.05) is 13.1 Å². The van der Waals surface area contributed by atoms with Crippen LogP contribution in [0.25, 0.3) is 0 Å². The maximum absolute atomic E-state index is 12.5. The topological polar surface area (TPSA) is 35.6 Å². The minimum atomic E-state index is -0.0348. The standard InChI is InChI=1S/C16H25N3O/c1-4-8-14-16(20)19(12-11-18(2)3)15(17-14)13-9-6-5-7-10-13/h5-7,9-10,14-15,17H,4,8,11-12H2,1-3H3. The zero-order valence-electron chi connectivity index (χ0n) is 12.7. The van der Waals surface area contributed by atoms with Gasteiger partial charge in [-0.25, -0.2) is 0 Å². The molecule has 1 amide bonds. The van der Waals surface area contributed by atoms with Crippen molar-refractivity contribution < 1.29 is 4.79 Å². The number of carbonyl (C=O) groups is 1. The van der Waals surface area contributed by atoms with Crippen LogP contribution in [-0.4, -0.2) is 48.9 Å². The van der Waals surface area contributed by atoms with Crippen molar-refractivity contribution >= 4 is 5.91 Å². The van der Waals surface area contributed by atoms with E-state index < -0.39 is 0 Å². The van der Waals surface area contributed by atoms with E-state index in [4.69, 9.17) is 0 Å². The number of rotatable bonds is 6. The molecule has 1 aromatic carbocycles. The van der Waals surface area contributed by atoms with Gasteiger partial charge in [-0.05, 0) is 26.1 Å². The zero-order valence-corrected chi connectivity index (χ0v) is 12.7. The van der Waals surface area contributed by atoms with E-state index in [1.54, 1.807) is 0 Å². The highest BCUT2D eigenvalue weighted by Gasteiger charge is 2.38. The summed E-state index contributed by atoms with van der Waals surface area (Å²) >= 11 is 0. The lowest BCUT2D eigenvalue weighted by atomic mass is 10.1. The van der Waals surface area contributed by atoms with Crippen LogP contribution in [0.15, 0.2) is 30.3 Å². The monoisotopic (exact) mass is 275 g/mol. The van der Waals surface area contributed by atoms with Crippen LogP contribution in [0.1, 0.15) is 31.5 Å². The molecule has 2 unspecified atom stereocenters. The van der Waals surface area contributed by atoms with Crippen molar-refractivity contribution in [3.63, 3.8) is 0 Å². The smallest absolute Gasteiger partial charge is 0.241 e. The summed E-state index contributed by atoms with van der Waals surface area (Å²) in [7, 11) is 4.07. The van der Waals surface area contributed by atoms with Gasteiger partial charge in [0.1, 0.15) is 6.17 Å². The molecule has 0 radical (unpaired) electrons. The molecule has 1 aliphatic heterocycles. The Labute approximate surface area is 121 Å². The van der Waals surface area contributed by atoms with Crippen LogP contribution in [0.4, 0.5) is 0 Å². The van der Waals surface area contributed by atoms with Gasteiger partial charge in [-0.2, -0.15) is 0 Å². The lowest BCUT2D eigenvalue weighted by molar-refractivity contribution is -0.130. The van der Waals surface area contributed by atoms with Crippen molar-refractivity contribution in [3.8, 4) is 0 Å². The normalized spacial score (nSPS) is 22.8. The summed E-state index contributed by atoms with van der Waals surface area (Å²) < 4.78 is 0. The summed E-state index contributed by atoms with van der Waals surface area (Å²) in [6, 6.07) is 10.2. The van der Waals surface area contributed by atoms with Crippen LogP contribution < -0.4 is 5.32 Å². The average molecular weight is 275 g/mol. The summed E-state index contributed by atoms with van der Waals surface area (Å²) in [5, 5.41) is 3.49. The second-order valence-electron chi connectivity index (χ2n) is 5.66. The van der Waals surface area contributed by atoms with Crippen LogP contribution >= 0.6 is 0 Å². The van der Waals surface area contributed by atoms with E-state index in [1.165, 1.54) is 5.56 Å². The highest BCUT2D eigenvalue weighted by molar-refractivity contribution is 5.84. The SMILES string of the molecule is CCCC1NC(c2ccccc2)N(CCN(C)C)C1=O. The van der Waals surface area contributed by atoms with E-state index in [2.05, 4.69) is 29.3 Å². The molecule has 1 aromatic rings. The molecule has 0 spiro atoms. The fourth-order valence-corrected chi connectivity index (χ4v) is 2.63. The molecule has 0 saturated carbocycles. The van der Waals surface area contributed by atoms with Crippen molar-refractivity contribution in [2.75, 3.05) is 27.2 Å². The lowest BCUT2D eigenvalue weighted by Gasteiger charge is -2.26. The summed E-state index contributed by atoms with van der Waals surface area (Å²) in [5.41, 5.74) is 1.17. The molecule has 4 nitrogen and oxygen atoms in total. The van der Waals surface area contributed by atoms with Crippen LogP contribution in [0.3, 0.4) is 0 Å². The Morgan fingerprint density at radius 3 is 2.55 bits per heavy atom. The van der Waals surface area contributed by atoms with Gasteiger partial charge in [0.05, 0.1) is 6.04 Å². The number of nitrogens with zero attached hydrogens (tertiary/aromatic N) is 2. The Bertz CT molecular complexity index is 433. The molecular weight excluding hydrogens is 250 g/mol. The Kier molecular flexibility index (Phi) is 5.15. The van der Waals surface area contributed by atoms with Crippen molar-refractivity contribution in [2.24, 2.45) is 0 Å². The Morgan fingerprint density at radius 2 is 1.95 bits per heavy atom. The van der Waals surface area contributed by atoms with Gasteiger partial charge >= 0.3 is 0 Å². The lowest BCUT2D eigenvalue weighted by Crippen LogP contribution is -2.36. The van der Waals surface area contributed by atoms with Gasteiger partial charge in [-0.3, -0.25) is 10.1 Å². The third-order valence-electron chi connectivity index (χ3n) is 3.73. The fraction of sp³-hybridized carbons (Fsp3) is 0.562. The van der Waals surface area contributed by atoms with Crippen molar-refractivity contribution in [3.05, 3.63) is 35.9 Å². The second-order valence-corrected chi connectivity index (χ2v) is 5.66. The third kappa shape index (κ3) is 3.38. The fourth-order valence-electron chi connectivity index (χ4n) is 2.63. The Morgan fingerprint density at radius 1 is 1.25 bits per heavy atom. The van der Waals surface area contributed by atoms with Crippen molar-refractivity contribution in [1.82, 2.24) is 15.1 Å². The molecule has 1 N–H and O–H groups in total. The number of benzene rings is 1. The molecular formula is C16H25N3O. The van der Waals surface area contributed by atoms with Crippen LogP contribution in [0.2, 0.25) is 0 Å². The first kappa shape index (κ1) is 15.0. The van der Waals surface area contributed by atoms with E-state index in [9.17, 15) is 4.79 Å². The summed E-state index contributed by atoms with van der Waals surface area (Å²) in [6.07, 6.45) is 1.94. The number of carbonyl (C=O) groups excluding carboxylic acids is 1. The van der Waals surface area contributed by atoms with E-state index in [-0.39, 0.29) is 18.1 Å². The van der Waals surface area contributed by atoms with Crippen LogP contribution in [0, 0.1) is 0 Å². The van der Waals surface area contributed by atoms with Crippen molar-refractivity contribution in [2.45, 2.75) is 32.0 Å². The predicted molar refractivity (Wildman–Crippen MR) is 81.3 cm³/mol. The molecule has 4 heteroatoms. The minimum absolute atomic E-state index is 0.0141. The molecule has 2 atom stereocenters. The molecule has 0 bridgehead atoms. The third-order valence-corrected chi connectivity index (χ3v) is 3.73. The van der Waals surface area contributed by atoms with Gasteiger partial charge in [0.25, 0.3) is 0 Å². The maximum atomic E-state index is 12.5. The molecule has 1 saturated heterocycles. The largest absolute Gasteiger partial charge is 0.320 e. The number of amides is 1. The molecule has 1 heterocycles. The first-order valence-corrected chi connectivity index (χ1v) is 7.39. The Balaban J connectivity index is 2.16. The first-order valence-electron chi connectivity index (χ1n) is 7.39. The predicted octanol–water partition coefficient (Wildman–Crippen LogP) is 1.85. The van der Waals surface area contributed by atoms with E-state index in [0.29, 0.717) is 0 Å². The second kappa shape index (κ2) is 6.86. The van der Waals surface area contributed by atoms with Gasteiger partial charge in [-0.15, -0.1) is 0 Å². The summed E-state index contributed by atoms with van der Waals surface area (Å²) in [6.45, 7) is 3.77. The van der Waals surface area contributed by atoms with Crippen LogP contribution in [-0.2, 0) is 4.79 Å². The summed E-state index contributed by atoms with van der Waals surface area (Å²) in [4.78, 5) is 16.6. The molecule has 0 aromatic heterocycles. The molecule has 1 aliphatic rings. The van der Waals surface area contributed by atoms with E-state index >= 15 is 0 Å². The molecule has 1 fully saturated rings. The first-order chi connectivity index (χ1) is 9.63. The average Bonchev–Trinajstić information content (AvgIpc) is 2.75. The van der Waals surface area contributed by atoms with Gasteiger partial charge in [-0.1, -0.05) is 43.7 Å². The number of hydrogen-bond donors (Lipinski definition) is 1. The van der Waals surface area contributed by atoms with Gasteiger partial charge in [0.15, 0.2) is 0 Å². The minimum Gasteiger partial charge on any atom is -0.320 e.